The number of nitriles is 1. The Hall–Kier alpha value is -4.16. The van der Waals surface area contributed by atoms with E-state index < -0.39 is 6.04 Å². The van der Waals surface area contributed by atoms with E-state index in [1.54, 1.807) is 0 Å². The molecule has 49 heavy (non-hydrogen) atoms. The van der Waals surface area contributed by atoms with Crippen molar-refractivity contribution in [2.75, 3.05) is 32.7 Å². The minimum absolute atomic E-state index is 0.0168. The van der Waals surface area contributed by atoms with Crippen LogP contribution in [0.3, 0.4) is 0 Å². The summed E-state index contributed by atoms with van der Waals surface area (Å²) in [6, 6.07) is 19.6. The normalized spacial score (nSPS) is 19.3. The standard InChI is InChI=1S/C40H53N7O2/c41-26-33-16-18-35(19-17-33)29-46-31-42-27-37(46)21-23-45(28-34-12-6-2-7-13-34)39(48)38-30-44(22-20-32-10-4-1-5-11-32)24-25-47(38)40(49)43-36-14-8-3-9-15-36/h2,6-7,12-13,16-19,27,31-32,36,38H,1,3-5,8-11,14-15,20-25,28-30H2,(H,43,49)/t38-/m1/s1. The molecule has 3 aliphatic rings. The summed E-state index contributed by atoms with van der Waals surface area (Å²) in [6.07, 6.45) is 17.7. The van der Waals surface area contributed by atoms with Gasteiger partial charge in [0, 0.05) is 63.6 Å². The zero-order valence-electron chi connectivity index (χ0n) is 29.0. The lowest BCUT2D eigenvalue weighted by molar-refractivity contribution is -0.138. The molecule has 3 fully saturated rings. The molecular weight excluding hydrogens is 610 g/mol. The maximum absolute atomic E-state index is 14.8. The fourth-order valence-corrected chi connectivity index (χ4v) is 7.95. The van der Waals surface area contributed by atoms with E-state index in [1.807, 2.05) is 64.8 Å². The van der Waals surface area contributed by atoms with Crippen molar-refractivity contribution in [2.24, 2.45) is 5.92 Å². The number of carbonyl (C=O) groups excluding carboxylic acids is 2. The topological polar surface area (TPSA) is 97.5 Å². The van der Waals surface area contributed by atoms with Crippen LogP contribution in [0.15, 0.2) is 67.1 Å². The second-order valence-corrected chi connectivity index (χ2v) is 14.4. The van der Waals surface area contributed by atoms with Gasteiger partial charge in [-0.15, -0.1) is 0 Å². The van der Waals surface area contributed by atoms with E-state index in [0.29, 0.717) is 44.7 Å². The maximum Gasteiger partial charge on any atom is 0.318 e. The molecule has 3 aromatic rings. The van der Waals surface area contributed by atoms with Gasteiger partial charge < -0.3 is 19.7 Å². The van der Waals surface area contributed by atoms with Crippen LogP contribution in [0.1, 0.15) is 93.0 Å². The minimum atomic E-state index is -0.532. The van der Waals surface area contributed by atoms with Gasteiger partial charge in [-0.3, -0.25) is 9.69 Å². The lowest BCUT2D eigenvalue weighted by Crippen LogP contribution is -2.63. The van der Waals surface area contributed by atoms with Gasteiger partial charge in [0.05, 0.1) is 18.0 Å². The Labute approximate surface area is 292 Å². The molecule has 260 valence electrons. The number of piperazine rings is 1. The highest BCUT2D eigenvalue weighted by Gasteiger charge is 2.38. The van der Waals surface area contributed by atoms with Crippen molar-refractivity contribution in [1.82, 2.24) is 29.6 Å². The average Bonchev–Trinajstić information content (AvgIpc) is 3.60. The van der Waals surface area contributed by atoms with Gasteiger partial charge in [-0.1, -0.05) is 93.8 Å². The number of aromatic nitrogens is 2. The van der Waals surface area contributed by atoms with Crippen LogP contribution in [-0.4, -0.2) is 81.0 Å². The SMILES string of the molecule is N#Cc1ccc(Cn2cncc2CCN(Cc2ccccc2)C(=O)[C@H]2CN(CCC3CCCCC3)CCN2C(=O)NC2CCCCC2)cc1. The summed E-state index contributed by atoms with van der Waals surface area (Å²) < 4.78 is 2.12. The van der Waals surface area contributed by atoms with Crippen molar-refractivity contribution in [3.8, 4) is 6.07 Å². The molecule has 9 nitrogen and oxygen atoms in total. The van der Waals surface area contributed by atoms with Crippen molar-refractivity contribution in [1.29, 1.82) is 5.26 Å². The van der Waals surface area contributed by atoms with E-state index in [0.717, 1.165) is 61.5 Å². The highest BCUT2D eigenvalue weighted by molar-refractivity contribution is 5.87. The number of nitrogens with zero attached hydrogens (tertiary/aromatic N) is 6. The first-order valence-electron chi connectivity index (χ1n) is 18.7. The van der Waals surface area contributed by atoms with Crippen LogP contribution in [0.4, 0.5) is 4.79 Å². The molecule has 0 unspecified atom stereocenters. The zero-order valence-corrected chi connectivity index (χ0v) is 29.0. The van der Waals surface area contributed by atoms with Crippen LogP contribution >= 0.6 is 0 Å². The number of urea groups is 1. The fourth-order valence-electron chi connectivity index (χ4n) is 7.95. The van der Waals surface area contributed by atoms with Crippen molar-refractivity contribution < 1.29 is 9.59 Å². The molecule has 9 heteroatoms. The highest BCUT2D eigenvalue weighted by Crippen LogP contribution is 2.27. The van der Waals surface area contributed by atoms with E-state index in [2.05, 4.69) is 38.0 Å². The Bertz CT molecular complexity index is 1520. The van der Waals surface area contributed by atoms with Gasteiger partial charge in [-0.05, 0) is 55.0 Å². The number of rotatable bonds is 12. The monoisotopic (exact) mass is 663 g/mol. The largest absolute Gasteiger partial charge is 0.336 e. The molecule has 1 aliphatic heterocycles. The van der Waals surface area contributed by atoms with Gasteiger partial charge >= 0.3 is 6.03 Å². The quantitative estimate of drug-likeness (QED) is 0.243. The Morgan fingerprint density at radius 2 is 1.63 bits per heavy atom. The number of benzene rings is 2. The molecule has 2 saturated carbocycles. The first kappa shape index (κ1) is 34.7. The average molecular weight is 664 g/mol. The maximum atomic E-state index is 14.8. The summed E-state index contributed by atoms with van der Waals surface area (Å²) in [6.45, 7) is 4.58. The predicted molar refractivity (Wildman–Crippen MR) is 192 cm³/mol. The number of nitrogens with one attached hydrogen (secondary N) is 1. The summed E-state index contributed by atoms with van der Waals surface area (Å²) in [7, 11) is 0. The molecule has 1 atom stereocenters. The Kier molecular flexibility index (Phi) is 12.4. The summed E-state index contributed by atoms with van der Waals surface area (Å²) in [5.74, 6) is 0.794. The van der Waals surface area contributed by atoms with E-state index >= 15 is 0 Å². The number of hydrogen-bond donors (Lipinski definition) is 1. The van der Waals surface area contributed by atoms with Gasteiger partial charge in [0.2, 0.25) is 5.91 Å². The summed E-state index contributed by atoms with van der Waals surface area (Å²) >= 11 is 0. The molecule has 1 saturated heterocycles. The third kappa shape index (κ3) is 9.72. The first-order chi connectivity index (χ1) is 24.1. The van der Waals surface area contributed by atoms with Crippen molar-refractivity contribution in [3.05, 3.63) is 89.5 Å². The number of hydrogen-bond acceptors (Lipinski definition) is 5. The molecule has 1 aromatic heterocycles. The molecule has 0 spiro atoms. The molecule has 3 amide bonds. The Morgan fingerprint density at radius 3 is 2.37 bits per heavy atom. The lowest BCUT2D eigenvalue weighted by Gasteiger charge is -2.43. The van der Waals surface area contributed by atoms with Crippen LogP contribution in [-0.2, 0) is 24.3 Å². The summed E-state index contributed by atoms with van der Waals surface area (Å²) in [5, 5.41) is 12.5. The predicted octanol–water partition coefficient (Wildman–Crippen LogP) is 6.37. The summed E-state index contributed by atoms with van der Waals surface area (Å²) in [4.78, 5) is 39.4. The van der Waals surface area contributed by atoms with Crippen LogP contribution < -0.4 is 5.32 Å². The third-order valence-corrected chi connectivity index (χ3v) is 10.9. The number of carbonyl (C=O) groups is 2. The molecule has 1 N–H and O–H groups in total. The minimum Gasteiger partial charge on any atom is -0.336 e. The Balaban J connectivity index is 1.19. The van der Waals surface area contributed by atoms with E-state index in [9.17, 15) is 14.9 Å². The van der Waals surface area contributed by atoms with Crippen LogP contribution in [0.2, 0.25) is 0 Å². The van der Waals surface area contributed by atoms with Gasteiger partial charge in [0.25, 0.3) is 0 Å². The van der Waals surface area contributed by atoms with E-state index in [1.165, 1.54) is 44.9 Å². The van der Waals surface area contributed by atoms with E-state index in [-0.39, 0.29) is 18.0 Å². The molecule has 0 radical (unpaired) electrons. The van der Waals surface area contributed by atoms with Crippen LogP contribution in [0.25, 0.3) is 0 Å². The van der Waals surface area contributed by atoms with Crippen molar-refractivity contribution >= 4 is 11.9 Å². The molecule has 2 aromatic carbocycles. The molecular formula is C40H53N7O2. The second-order valence-electron chi connectivity index (χ2n) is 14.4. The van der Waals surface area contributed by atoms with Gasteiger partial charge in [0.1, 0.15) is 6.04 Å². The summed E-state index contributed by atoms with van der Waals surface area (Å²) in [5.41, 5.74) is 3.84. The second kappa shape index (κ2) is 17.5. The lowest BCUT2D eigenvalue weighted by atomic mass is 9.87. The van der Waals surface area contributed by atoms with E-state index in [4.69, 9.17) is 0 Å². The number of imidazole rings is 1. The van der Waals surface area contributed by atoms with Gasteiger partial charge in [-0.25, -0.2) is 9.78 Å². The smallest absolute Gasteiger partial charge is 0.318 e. The molecule has 0 bridgehead atoms. The fraction of sp³-hybridized carbons (Fsp3) is 0.550. The number of amides is 3. The Morgan fingerprint density at radius 1 is 0.898 bits per heavy atom. The highest BCUT2D eigenvalue weighted by atomic mass is 16.2. The van der Waals surface area contributed by atoms with Gasteiger partial charge in [0.15, 0.2) is 0 Å². The van der Waals surface area contributed by atoms with Crippen LogP contribution in [0.5, 0.6) is 0 Å². The molecule has 6 rings (SSSR count). The van der Waals surface area contributed by atoms with Crippen LogP contribution in [0, 0.1) is 17.2 Å². The van der Waals surface area contributed by atoms with Gasteiger partial charge in [-0.2, -0.15) is 5.26 Å². The third-order valence-electron chi connectivity index (χ3n) is 10.9. The van der Waals surface area contributed by atoms with Crippen molar-refractivity contribution in [3.63, 3.8) is 0 Å². The molecule has 2 heterocycles. The first-order valence-corrected chi connectivity index (χ1v) is 18.7. The zero-order chi connectivity index (χ0) is 33.8. The van der Waals surface area contributed by atoms with Crippen molar-refractivity contribution in [2.45, 2.75) is 102 Å². The molecule has 2 aliphatic carbocycles.